The van der Waals surface area contributed by atoms with Crippen LogP contribution in [0.25, 0.3) is 0 Å². The van der Waals surface area contributed by atoms with E-state index in [-0.39, 0.29) is 12.0 Å². The largest absolute Gasteiger partial charge is 0.392 e. The summed E-state index contributed by atoms with van der Waals surface area (Å²) in [5.74, 6) is -0.424. The summed E-state index contributed by atoms with van der Waals surface area (Å²) >= 11 is 2.11. The second-order valence-corrected chi connectivity index (χ2v) is 5.03. The van der Waals surface area contributed by atoms with Gasteiger partial charge in [-0.05, 0) is 22.6 Å². The average molecular weight is 338 g/mol. The lowest BCUT2D eigenvalue weighted by Crippen LogP contribution is -2.32. The van der Waals surface area contributed by atoms with Crippen LogP contribution in [0, 0.1) is 0 Å². The van der Waals surface area contributed by atoms with Crippen molar-refractivity contribution in [1.29, 1.82) is 0 Å². The molecular weight excluding hydrogens is 326 g/mol. The minimum Gasteiger partial charge on any atom is -0.392 e. The molecule has 2 rings (SSSR count). The third kappa shape index (κ3) is 2.14. The van der Waals surface area contributed by atoms with Gasteiger partial charge in [0.05, 0.1) is 18.8 Å². The van der Waals surface area contributed by atoms with Gasteiger partial charge >= 0.3 is 0 Å². The van der Waals surface area contributed by atoms with Gasteiger partial charge in [0, 0.05) is 28.0 Å². The van der Waals surface area contributed by atoms with Crippen LogP contribution >= 0.6 is 22.6 Å². The zero-order chi connectivity index (χ0) is 11.7. The van der Waals surface area contributed by atoms with Crippen molar-refractivity contribution in [1.82, 2.24) is 4.90 Å². The number of halogens is 2. The molecule has 1 aliphatic heterocycles. The predicted molar refractivity (Wildman–Crippen MR) is 66.9 cm³/mol. The maximum Gasteiger partial charge on any atom is 0.127 e. The van der Waals surface area contributed by atoms with Crippen LogP contribution < -0.4 is 0 Å². The third-order valence-electron chi connectivity index (χ3n) is 2.77. The van der Waals surface area contributed by atoms with E-state index in [0.717, 1.165) is 3.58 Å². The van der Waals surface area contributed by atoms with E-state index in [4.69, 9.17) is 5.11 Å². The molecule has 6 heteroatoms. The summed E-state index contributed by atoms with van der Waals surface area (Å²) in [7, 11) is 0. The fraction of sp³-hybridized carbons (Fsp3) is 0.500. The van der Waals surface area contributed by atoms with Crippen molar-refractivity contribution in [3.05, 3.63) is 21.2 Å². The number of hydrogen-bond donors (Lipinski definition) is 2. The van der Waals surface area contributed by atoms with Crippen molar-refractivity contribution in [3.63, 3.8) is 0 Å². The van der Waals surface area contributed by atoms with Crippen molar-refractivity contribution in [2.75, 3.05) is 13.3 Å². The molecule has 0 saturated heterocycles. The number of hydrogen-bond acceptors (Lipinski definition) is 4. The number of aliphatic imine (C=N–C) groups is 1. The first-order valence-electron chi connectivity index (χ1n) is 4.93. The molecule has 0 unspecified atom stereocenters. The lowest BCUT2D eigenvalue weighted by molar-refractivity contribution is 0.168. The zero-order valence-corrected chi connectivity index (χ0v) is 10.6. The average Bonchev–Trinajstić information content (AvgIpc) is 2.54. The number of aliphatic hydroxyl groups excluding tert-OH is 2. The fourth-order valence-electron chi connectivity index (χ4n) is 1.94. The maximum atomic E-state index is 13.8. The van der Waals surface area contributed by atoms with Gasteiger partial charge in [0.2, 0.25) is 0 Å². The van der Waals surface area contributed by atoms with Crippen LogP contribution in [-0.4, -0.2) is 46.7 Å². The molecule has 88 valence electrons. The number of allylic oxidation sites excluding steroid dienone is 1. The quantitative estimate of drug-likeness (QED) is 0.738. The maximum absolute atomic E-state index is 13.8. The smallest absolute Gasteiger partial charge is 0.127 e. The first kappa shape index (κ1) is 12.0. The Hall–Kier alpha value is -0.470. The van der Waals surface area contributed by atoms with E-state index in [1.807, 2.05) is 6.20 Å². The van der Waals surface area contributed by atoms with Gasteiger partial charge in [-0.2, -0.15) is 0 Å². The summed E-state index contributed by atoms with van der Waals surface area (Å²) in [5, 5.41) is 18.5. The van der Waals surface area contributed by atoms with E-state index in [9.17, 15) is 9.50 Å². The van der Waals surface area contributed by atoms with Crippen LogP contribution in [0.4, 0.5) is 4.39 Å². The molecule has 1 aliphatic carbocycles. The Balaban J connectivity index is 2.19. The van der Waals surface area contributed by atoms with Crippen molar-refractivity contribution >= 4 is 28.8 Å². The topological polar surface area (TPSA) is 56.1 Å². The van der Waals surface area contributed by atoms with Gasteiger partial charge in [0.1, 0.15) is 12.5 Å². The molecule has 0 aromatic heterocycles. The van der Waals surface area contributed by atoms with Gasteiger partial charge in [-0.15, -0.1) is 0 Å². The summed E-state index contributed by atoms with van der Waals surface area (Å²) in [4.78, 5) is 5.83. The Kier molecular flexibility index (Phi) is 3.60. The molecule has 2 N–H and O–H groups in total. The summed E-state index contributed by atoms with van der Waals surface area (Å²) in [6.07, 6.45) is 2.92. The molecule has 0 bridgehead atoms. The molecule has 0 aromatic rings. The highest BCUT2D eigenvalue weighted by Crippen LogP contribution is 2.32. The molecule has 0 saturated carbocycles. The molecule has 0 amide bonds. The lowest BCUT2D eigenvalue weighted by atomic mass is 10.2. The zero-order valence-electron chi connectivity index (χ0n) is 8.48. The second kappa shape index (κ2) is 4.80. The van der Waals surface area contributed by atoms with Gasteiger partial charge in [0.15, 0.2) is 0 Å². The highest BCUT2D eigenvalue weighted by atomic mass is 127. The third-order valence-corrected chi connectivity index (χ3v) is 3.32. The van der Waals surface area contributed by atoms with E-state index in [2.05, 4.69) is 27.6 Å². The Labute approximate surface area is 106 Å². The van der Waals surface area contributed by atoms with Crippen LogP contribution in [0.15, 0.2) is 26.2 Å². The number of aliphatic hydroxyl groups is 2. The summed E-state index contributed by atoms with van der Waals surface area (Å²) in [6.45, 7) is -0.0442. The van der Waals surface area contributed by atoms with E-state index < -0.39 is 24.6 Å². The van der Waals surface area contributed by atoms with E-state index in [0.29, 0.717) is 6.67 Å². The summed E-state index contributed by atoms with van der Waals surface area (Å²) < 4.78 is 14.8. The molecule has 2 aliphatic rings. The number of rotatable bonds is 2. The van der Waals surface area contributed by atoms with Gasteiger partial charge < -0.3 is 15.1 Å². The van der Waals surface area contributed by atoms with Gasteiger partial charge in [-0.1, -0.05) is 0 Å². The predicted octanol–water partition coefficient (Wildman–Crippen LogP) is 0.956. The van der Waals surface area contributed by atoms with Crippen molar-refractivity contribution in [3.8, 4) is 0 Å². The fourth-order valence-corrected chi connectivity index (χ4v) is 2.49. The molecule has 1 heterocycles. The molecule has 16 heavy (non-hydrogen) atoms. The van der Waals surface area contributed by atoms with Crippen LogP contribution in [-0.2, 0) is 0 Å². The Bertz CT molecular complexity index is 381. The molecule has 0 fully saturated rings. The minimum absolute atomic E-state index is 0.1000. The minimum atomic E-state index is -0.882. The highest BCUT2D eigenvalue weighted by molar-refractivity contribution is 14.1. The molecular formula is C10H12FIN2O2. The monoisotopic (exact) mass is 338 g/mol. The Morgan fingerprint density at radius 3 is 2.94 bits per heavy atom. The van der Waals surface area contributed by atoms with Crippen molar-refractivity contribution in [2.45, 2.75) is 18.6 Å². The van der Waals surface area contributed by atoms with E-state index in [1.165, 1.54) is 0 Å². The first-order valence-corrected chi connectivity index (χ1v) is 6.01. The van der Waals surface area contributed by atoms with E-state index in [1.54, 1.807) is 11.1 Å². The molecule has 4 nitrogen and oxygen atoms in total. The Morgan fingerprint density at radius 1 is 1.62 bits per heavy atom. The molecule has 0 radical (unpaired) electrons. The highest BCUT2D eigenvalue weighted by Gasteiger charge is 2.35. The number of nitrogens with zero attached hydrogens (tertiary/aromatic N) is 2. The Morgan fingerprint density at radius 2 is 2.38 bits per heavy atom. The van der Waals surface area contributed by atoms with Crippen LogP contribution in [0.5, 0.6) is 0 Å². The van der Waals surface area contributed by atoms with E-state index >= 15 is 0 Å². The SMILES string of the molecule is OCC1=C(F)[C@@H](N2C=C(I)C=NC2)C[C@H]1O. The normalized spacial score (nSPS) is 30.0. The first-order chi connectivity index (χ1) is 7.63. The molecule has 0 spiro atoms. The van der Waals surface area contributed by atoms with Crippen molar-refractivity contribution < 1.29 is 14.6 Å². The van der Waals surface area contributed by atoms with Crippen LogP contribution in [0.2, 0.25) is 0 Å². The lowest BCUT2D eigenvalue weighted by Gasteiger charge is -2.27. The summed E-state index contributed by atoms with van der Waals surface area (Å²) in [5.41, 5.74) is 0.1000. The summed E-state index contributed by atoms with van der Waals surface area (Å²) in [6, 6.07) is -0.501. The van der Waals surface area contributed by atoms with Gasteiger partial charge in [-0.3, -0.25) is 4.99 Å². The molecule has 2 atom stereocenters. The van der Waals surface area contributed by atoms with Crippen LogP contribution in [0.1, 0.15) is 6.42 Å². The van der Waals surface area contributed by atoms with Gasteiger partial charge in [-0.25, -0.2) is 4.39 Å². The second-order valence-electron chi connectivity index (χ2n) is 3.78. The van der Waals surface area contributed by atoms with Crippen LogP contribution in [0.3, 0.4) is 0 Å². The molecule has 0 aromatic carbocycles. The standard InChI is InChI=1S/C10H12FIN2O2/c11-10-7(4-15)9(16)1-8(10)14-3-6(12)2-13-5-14/h2-3,8-9,15-16H,1,4-5H2/t8-,9+/m0/s1. The van der Waals surface area contributed by atoms with Crippen molar-refractivity contribution in [2.24, 2.45) is 4.99 Å². The van der Waals surface area contributed by atoms with Gasteiger partial charge in [0.25, 0.3) is 0 Å².